The van der Waals surface area contributed by atoms with E-state index in [0.717, 1.165) is 6.07 Å². The summed E-state index contributed by atoms with van der Waals surface area (Å²) in [6.07, 6.45) is 0.00272. The van der Waals surface area contributed by atoms with Crippen LogP contribution in [0.1, 0.15) is 5.56 Å². The minimum absolute atomic E-state index is 0.00272. The molecule has 0 aliphatic heterocycles. The van der Waals surface area contributed by atoms with E-state index < -0.39 is 23.4 Å². The molecule has 25 heavy (non-hydrogen) atoms. The summed E-state index contributed by atoms with van der Waals surface area (Å²) in [6.45, 7) is -0.500. The van der Waals surface area contributed by atoms with Crippen LogP contribution in [0, 0.1) is 10.1 Å². The van der Waals surface area contributed by atoms with Gasteiger partial charge >= 0.3 is 5.97 Å². The molecule has 0 fully saturated rings. The lowest BCUT2D eigenvalue weighted by Crippen LogP contribution is -2.21. The largest absolute Gasteiger partial charge is 0.455 e. The molecule has 0 aromatic heterocycles. The molecule has 9 heteroatoms. The number of nitrogens with zero attached hydrogens (tertiary/aromatic N) is 1. The molecule has 1 amide bonds. The minimum Gasteiger partial charge on any atom is -0.455 e. The third-order valence-corrected chi connectivity index (χ3v) is 3.63. The standard InChI is InChI=1S/C16H12Cl2N2O5/c17-11-3-1-10(2-4-11)7-16(22)25-9-15(21)19-14-6-5-12(20(23)24)8-13(14)18/h1-6,8H,7,9H2,(H,19,21). The summed E-state index contributed by atoms with van der Waals surface area (Å²) in [5.41, 5.74) is 0.691. The van der Waals surface area contributed by atoms with Gasteiger partial charge in [0.15, 0.2) is 6.61 Å². The lowest BCUT2D eigenvalue weighted by atomic mass is 10.1. The minimum atomic E-state index is -0.611. The normalized spacial score (nSPS) is 10.2. The van der Waals surface area contributed by atoms with Crippen molar-refractivity contribution in [1.29, 1.82) is 0 Å². The molecule has 1 N–H and O–H groups in total. The lowest BCUT2D eigenvalue weighted by molar-refractivity contribution is -0.384. The number of hydrogen-bond acceptors (Lipinski definition) is 5. The summed E-state index contributed by atoms with van der Waals surface area (Å²) in [7, 11) is 0. The molecule has 0 bridgehead atoms. The maximum atomic E-state index is 11.8. The second-order valence-corrected chi connectivity index (χ2v) is 5.78. The zero-order valence-electron chi connectivity index (χ0n) is 12.7. The number of nitro groups is 1. The van der Waals surface area contributed by atoms with E-state index in [2.05, 4.69) is 5.32 Å². The number of nitrogens with one attached hydrogen (secondary N) is 1. The van der Waals surface area contributed by atoms with Gasteiger partial charge in [-0.2, -0.15) is 0 Å². The summed E-state index contributed by atoms with van der Waals surface area (Å²) in [4.78, 5) is 33.5. The number of carbonyl (C=O) groups excluding carboxylic acids is 2. The Morgan fingerprint density at radius 1 is 1.12 bits per heavy atom. The summed E-state index contributed by atoms with van der Waals surface area (Å²) < 4.78 is 4.88. The highest BCUT2D eigenvalue weighted by atomic mass is 35.5. The molecular formula is C16H12Cl2N2O5. The molecular weight excluding hydrogens is 371 g/mol. The first-order valence-corrected chi connectivity index (χ1v) is 7.74. The Kier molecular flexibility index (Phi) is 6.32. The van der Waals surface area contributed by atoms with Crippen molar-refractivity contribution >= 4 is 46.5 Å². The molecule has 0 radical (unpaired) electrons. The van der Waals surface area contributed by atoms with Crippen molar-refractivity contribution in [2.45, 2.75) is 6.42 Å². The van der Waals surface area contributed by atoms with Crippen LogP contribution >= 0.6 is 23.2 Å². The number of rotatable bonds is 6. The predicted octanol–water partition coefficient (Wildman–Crippen LogP) is 3.63. The predicted molar refractivity (Wildman–Crippen MR) is 92.9 cm³/mol. The Morgan fingerprint density at radius 2 is 1.80 bits per heavy atom. The number of halogens is 2. The first-order valence-electron chi connectivity index (χ1n) is 6.99. The summed E-state index contributed by atoms with van der Waals surface area (Å²) in [5.74, 6) is -1.19. The third-order valence-electron chi connectivity index (χ3n) is 3.06. The van der Waals surface area contributed by atoms with Crippen molar-refractivity contribution in [2.75, 3.05) is 11.9 Å². The molecule has 0 unspecified atom stereocenters. The fraction of sp³-hybridized carbons (Fsp3) is 0.125. The maximum absolute atomic E-state index is 11.8. The molecule has 130 valence electrons. The van der Waals surface area contributed by atoms with E-state index in [9.17, 15) is 19.7 Å². The molecule has 2 rings (SSSR count). The highest BCUT2D eigenvalue weighted by Gasteiger charge is 2.13. The molecule has 0 saturated carbocycles. The Bertz CT molecular complexity index is 809. The fourth-order valence-corrected chi connectivity index (χ4v) is 2.22. The van der Waals surface area contributed by atoms with Gasteiger partial charge in [-0.3, -0.25) is 19.7 Å². The summed E-state index contributed by atoms with van der Waals surface area (Å²) >= 11 is 11.6. The van der Waals surface area contributed by atoms with Crippen molar-refractivity contribution < 1.29 is 19.2 Å². The van der Waals surface area contributed by atoms with Gasteiger partial charge in [0.05, 0.1) is 22.1 Å². The fourth-order valence-electron chi connectivity index (χ4n) is 1.87. The Morgan fingerprint density at radius 3 is 2.40 bits per heavy atom. The zero-order valence-corrected chi connectivity index (χ0v) is 14.2. The van der Waals surface area contributed by atoms with Crippen LogP contribution in [0.15, 0.2) is 42.5 Å². The maximum Gasteiger partial charge on any atom is 0.310 e. The summed E-state index contributed by atoms with van der Waals surface area (Å²) in [5, 5.41) is 13.6. The van der Waals surface area contributed by atoms with Crippen LogP contribution in [0.4, 0.5) is 11.4 Å². The number of esters is 1. The van der Waals surface area contributed by atoms with Crippen LogP contribution in [-0.2, 0) is 20.7 Å². The third kappa shape index (κ3) is 5.74. The van der Waals surface area contributed by atoms with Gasteiger partial charge in [-0.05, 0) is 23.8 Å². The highest BCUT2D eigenvalue weighted by molar-refractivity contribution is 6.34. The van der Waals surface area contributed by atoms with E-state index in [1.54, 1.807) is 24.3 Å². The molecule has 2 aromatic rings. The molecule has 0 aliphatic carbocycles. The van der Waals surface area contributed by atoms with E-state index in [1.807, 2.05) is 0 Å². The topological polar surface area (TPSA) is 98.5 Å². The highest BCUT2D eigenvalue weighted by Crippen LogP contribution is 2.26. The number of amides is 1. The van der Waals surface area contributed by atoms with Crippen LogP contribution < -0.4 is 5.32 Å². The van der Waals surface area contributed by atoms with Gasteiger partial charge in [-0.1, -0.05) is 35.3 Å². The summed E-state index contributed by atoms with van der Waals surface area (Å²) in [6, 6.07) is 10.3. The van der Waals surface area contributed by atoms with Crippen molar-refractivity contribution in [1.82, 2.24) is 0 Å². The van der Waals surface area contributed by atoms with Crippen molar-refractivity contribution in [2.24, 2.45) is 0 Å². The number of hydrogen-bond donors (Lipinski definition) is 1. The molecule has 2 aromatic carbocycles. The van der Waals surface area contributed by atoms with E-state index in [1.165, 1.54) is 12.1 Å². The van der Waals surface area contributed by atoms with Crippen molar-refractivity contribution in [3.8, 4) is 0 Å². The van der Waals surface area contributed by atoms with Crippen LogP contribution in [-0.4, -0.2) is 23.4 Å². The van der Waals surface area contributed by atoms with Crippen molar-refractivity contribution in [3.05, 3.63) is 68.2 Å². The van der Waals surface area contributed by atoms with Crippen LogP contribution in [0.3, 0.4) is 0 Å². The number of non-ortho nitro benzene ring substituents is 1. The second kappa shape index (κ2) is 8.46. The number of carbonyl (C=O) groups is 2. The van der Waals surface area contributed by atoms with Gasteiger partial charge in [-0.25, -0.2) is 0 Å². The molecule has 0 aliphatic rings. The van der Waals surface area contributed by atoms with E-state index in [4.69, 9.17) is 27.9 Å². The van der Waals surface area contributed by atoms with E-state index >= 15 is 0 Å². The van der Waals surface area contributed by atoms with E-state index in [-0.39, 0.29) is 22.8 Å². The number of nitro benzene ring substituents is 1. The smallest absolute Gasteiger partial charge is 0.310 e. The zero-order chi connectivity index (χ0) is 18.4. The van der Waals surface area contributed by atoms with Crippen LogP contribution in [0.5, 0.6) is 0 Å². The van der Waals surface area contributed by atoms with Gasteiger partial charge < -0.3 is 10.1 Å². The molecule has 7 nitrogen and oxygen atoms in total. The number of anilines is 1. The first-order chi connectivity index (χ1) is 11.8. The molecule has 0 spiro atoms. The molecule has 0 atom stereocenters. The number of ether oxygens (including phenoxy) is 1. The molecule has 0 saturated heterocycles. The molecule has 0 heterocycles. The quantitative estimate of drug-likeness (QED) is 0.467. The van der Waals surface area contributed by atoms with Gasteiger partial charge in [0.2, 0.25) is 0 Å². The SMILES string of the molecule is O=C(COC(=O)Cc1ccc(Cl)cc1)Nc1ccc([N+](=O)[O-])cc1Cl. The van der Waals surface area contributed by atoms with Gasteiger partial charge in [-0.15, -0.1) is 0 Å². The average Bonchev–Trinajstić information content (AvgIpc) is 2.57. The lowest BCUT2D eigenvalue weighted by Gasteiger charge is -2.08. The van der Waals surface area contributed by atoms with E-state index in [0.29, 0.717) is 10.6 Å². The van der Waals surface area contributed by atoms with Crippen LogP contribution in [0.25, 0.3) is 0 Å². The van der Waals surface area contributed by atoms with Gasteiger partial charge in [0.25, 0.3) is 11.6 Å². The Labute approximate surface area is 152 Å². The monoisotopic (exact) mass is 382 g/mol. The number of benzene rings is 2. The van der Waals surface area contributed by atoms with Gasteiger partial charge in [0, 0.05) is 17.2 Å². The van der Waals surface area contributed by atoms with Crippen molar-refractivity contribution in [3.63, 3.8) is 0 Å². The Balaban J connectivity index is 1.85. The van der Waals surface area contributed by atoms with Gasteiger partial charge in [0.1, 0.15) is 0 Å². The Hall–Kier alpha value is -2.64. The average molecular weight is 383 g/mol. The second-order valence-electron chi connectivity index (χ2n) is 4.93. The first kappa shape index (κ1) is 18.7. The van der Waals surface area contributed by atoms with Crippen LogP contribution in [0.2, 0.25) is 10.0 Å².